The minimum absolute atomic E-state index is 0.178. The second-order valence-electron chi connectivity index (χ2n) is 3.70. The number of aryl methyl sites for hydroxylation is 1. The number of hydrogen-bond acceptors (Lipinski definition) is 3. The van der Waals surface area contributed by atoms with E-state index in [1.54, 1.807) is 12.3 Å². The summed E-state index contributed by atoms with van der Waals surface area (Å²) in [6, 6.07) is 5.80. The quantitative estimate of drug-likeness (QED) is 0.847. The van der Waals surface area contributed by atoms with E-state index in [1.807, 2.05) is 12.1 Å². The highest BCUT2D eigenvalue weighted by atomic mass is 16.1. The Kier molecular flexibility index (Phi) is 3.18. The van der Waals surface area contributed by atoms with Crippen LogP contribution in [0.2, 0.25) is 0 Å². The second kappa shape index (κ2) is 4.78. The van der Waals surface area contributed by atoms with Gasteiger partial charge in [-0.15, -0.1) is 0 Å². The molecule has 2 heterocycles. The molecule has 0 saturated carbocycles. The number of nitrogens with zero attached hydrogens (tertiary/aromatic N) is 2. The molecule has 0 radical (unpaired) electrons. The molecular weight excluding hydrogens is 216 g/mol. The van der Waals surface area contributed by atoms with Crippen molar-refractivity contribution >= 4 is 11.9 Å². The molecule has 1 amide bonds. The van der Waals surface area contributed by atoms with Crippen LogP contribution in [0.4, 0.5) is 5.95 Å². The van der Waals surface area contributed by atoms with Crippen LogP contribution in [-0.2, 0) is 11.2 Å². The first-order valence-electron chi connectivity index (χ1n) is 5.48. The van der Waals surface area contributed by atoms with E-state index in [1.165, 1.54) is 6.92 Å². The van der Waals surface area contributed by atoms with Crippen LogP contribution in [0.25, 0.3) is 11.4 Å². The minimum Gasteiger partial charge on any atom is -0.357 e. The molecule has 5 nitrogen and oxygen atoms in total. The fourth-order valence-electron chi connectivity index (χ4n) is 1.52. The highest BCUT2D eigenvalue weighted by Gasteiger charge is 2.05. The number of carbonyl (C=O) groups is 1. The average Bonchev–Trinajstić information content (AvgIpc) is 2.77. The van der Waals surface area contributed by atoms with Crippen LogP contribution in [0.5, 0.6) is 0 Å². The predicted octanol–water partition coefficient (Wildman–Crippen LogP) is 1.99. The van der Waals surface area contributed by atoms with Crippen molar-refractivity contribution in [3.8, 4) is 11.4 Å². The van der Waals surface area contributed by atoms with Crippen LogP contribution < -0.4 is 5.32 Å². The van der Waals surface area contributed by atoms with E-state index in [-0.39, 0.29) is 5.91 Å². The van der Waals surface area contributed by atoms with Gasteiger partial charge in [0.25, 0.3) is 0 Å². The first-order chi connectivity index (χ1) is 8.19. The summed E-state index contributed by atoms with van der Waals surface area (Å²) in [6.45, 7) is 3.51. The number of aromatic amines is 1. The molecule has 17 heavy (non-hydrogen) atoms. The van der Waals surface area contributed by atoms with Crippen LogP contribution in [0.15, 0.2) is 24.4 Å². The Morgan fingerprint density at radius 1 is 1.41 bits per heavy atom. The van der Waals surface area contributed by atoms with Gasteiger partial charge in [0, 0.05) is 18.8 Å². The monoisotopic (exact) mass is 230 g/mol. The van der Waals surface area contributed by atoms with Gasteiger partial charge < -0.3 is 4.98 Å². The van der Waals surface area contributed by atoms with Gasteiger partial charge >= 0.3 is 0 Å². The minimum atomic E-state index is -0.178. The smallest absolute Gasteiger partial charge is 0.229 e. The van der Waals surface area contributed by atoms with Gasteiger partial charge in [-0.05, 0) is 24.6 Å². The van der Waals surface area contributed by atoms with E-state index in [0.29, 0.717) is 5.95 Å². The van der Waals surface area contributed by atoms with Crippen molar-refractivity contribution in [1.29, 1.82) is 0 Å². The fraction of sp³-hybridized carbons (Fsp3) is 0.250. The second-order valence-corrected chi connectivity index (χ2v) is 3.70. The van der Waals surface area contributed by atoms with Crippen molar-refractivity contribution in [2.24, 2.45) is 0 Å². The first-order valence-corrected chi connectivity index (χ1v) is 5.48. The average molecular weight is 230 g/mol. The molecular formula is C12H14N4O. The van der Waals surface area contributed by atoms with E-state index < -0.39 is 0 Å². The highest BCUT2D eigenvalue weighted by Crippen LogP contribution is 2.17. The van der Waals surface area contributed by atoms with Gasteiger partial charge in [-0.1, -0.05) is 6.92 Å². The SMILES string of the molecule is CCc1ccc(-c2ccnc(NC(C)=O)n2)[nH]1. The Bertz CT molecular complexity index is 533. The molecule has 0 fully saturated rings. The molecule has 2 aromatic rings. The van der Waals surface area contributed by atoms with Crippen molar-refractivity contribution in [3.63, 3.8) is 0 Å². The van der Waals surface area contributed by atoms with Crippen LogP contribution in [0, 0.1) is 0 Å². The predicted molar refractivity (Wildman–Crippen MR) is 65.5 cm³/mol. The van der Waals surface area contributed by atoms with Gasteiger partial charge in [-0.25, -0.2) is 9.97 Å². The van der Waals surface area contributed by atoms with Crippen LogP contribution in [-0.4, -0.2) is 20.9 Å². The highest BCUT2D eigenvalue weighted by molar-refractivity contribution is 5.86. The standard InChI is InChI=1S/C12H14N4O/c1-3-9-4-5-10(15-9)11-6-7-13-12(16-11)14-8(2)17/h4-7,15H,3H2,1-2H3,(H,13,14,16,17). The molecule has 0 aliphatic rings. The molecule has 5 heteroatoms. The molecule has 0 unspecified atom stereocenters. The third-order valence-electron chi connectivity index (χ3n) is 2.35. The Balaban J connectivity index is 2.29. The molecule has 2 N–H and O–H groups in total. The molecule has 2 rings (SSSR count). The zero-order valence-corrected chi connectivity index (χ0v) is 9.82. The van der Waals surface area contributed by atoms with Gasteiger partial charge in [0.1, 0.15) is 0 Å². The van der Waals surface area contributed by atoms with Crippen molar-refractivity contribution in [1.82, 2.24) is 15.0 Å². The van der Waals surface area contributed by atoms with Crippen molar-refractivity contribution in [2.45, 2.75) is 20.3 Å². The third kappa shape index (κ3) is 2.69. The molecule has 0 aromatic carbocycles. The maximum Gasteiger partial charge on any atom is 0.229 e. The van der Waals surface area contributed by atoms with Crippen LogP contribution >= 0.6 is 0 Å². The lowest BCUT2D eigenvalue weighted by atomic mass is 10.3. The third-order valence-corrected chi connectivity index (χ3v) is 2.35. The molecule has 0 spiro atoms. The number of amides is 1. The lowest BCUT2D eigenvalue weighted by molar-refractivity contribution is -0.114. The zero-order chi connectivity index (χ0) is 12.3. The molecule has 0 aliphatic heterocycles. The zero-order valence-electron chi connectivity index (χ0n) is 9.82. The number of H-pyrrole nitrogens is 1. The number of rotatable bonds is 3. The summed E-state index contributed by atoms with van der Waals surface area (Å²) in [5, 5.41) is 2.56. The summed E-state index contributed by atoms with van der Waals surface area (Å²) in [7, 11) is 0. The number of aromatic nitrogens is 3. The molecule has 0 saturated heterocycles. The Hall–Kier alpha value is -2.17. The fourth-order valence-corrected chi connectivity index (χ4v) is 1.52. The molecule has 88 valence electrons. The van der Waals surface area contributed by atoms with Crippen molar-refractivity contribution in [3.05, 3.63) is 30.1 Å². The molecule has 2 aromatic heterocycles. The van der Waals surface area contributed by atoms with E-state index in [4.69, 9.17) is 0 Å². The first kappa shape index (κ1) is 11.3. The summed E-state index contributed by atoms with van der Waals surface area (Å²) in [4.78, 5) is 22.4. The Morgan fingerprint density at radius 3 is 2.88 bits per heavy atom. The summed E-state index contributed by atoms with van der Waals surface area (Å²) in [6.07, 6.45) is 2.57. The van der Waals surface area contributed by atoms with E-state index >= 15 is 0 Å². The summed E-state index contributed by atoms with van der Waals surface area (Å²) < 4.78 is 0. The number of anilines is 1. The lowest BCUT2D eigenvalue weighted by Gasteiger charge is -2.02. The van der Waals surface area contributed by atoms with Crippen molar-refractivity contribution < 1.29 is 4.79 Å². The van der Waals surface area contributed by atoms with Gasteiger partial charge in [0.05, 0.1) is 11.4 Å². The summed E-state index contributed by atoms with van der Waals surface area (Å²) in [5.41, 5.74) is 2.85. The van der Waals surface area contributed by atoms with E-state index in [0.717, 1.165) is 23.5 Å². The van der Waals surface area contributed by atoms with E-state index in [9.17, 15) is 4.79 Å². The molecule has 0 bridgehead atoms. The topological polar surface area (TPSA) is 70.7 Å². The van der Waals surface area contributed by atoms with Crippen LogP contribution in [0.1, 0.15) is 19.5 Å². The lowest BCUT2D eigenvalue weighted by Crippen LogP contribution is -2.09. The Labute approximate surface area is 99.3 Å². The van der Waals surface area contributed by atoms with Crippen LogP contribution in [0.3, 0.4) is 0 Å². The number of nitrogens with one attached hydrogen (secondary N) is 2. The number of carbonyl (C=O) groups excluding carboxylic acids is 1. The molecule has 0 atom stereocenters. The summed E-state index contributed by atoms with van der Waals surface area (Å²) >= 11 is 0. The normalized spacial score (nSPS) is 10.2. The number of hydrogen-bond donors (Lipinski definition) is 2. The maximum absolute atomic E-state index is 10.9. The largest absolute Gasteiger partial charge is 0.357 e. The van der Waals surface area contributed by atoms with Gasteiger partial charge in [-0.2, -0.15) is 0 Å². The molecule has 0 aliphatic carbocycles. The van der Waals surface area contributed by atoms with E-state index in [2.05, 4.69) is 27.2 Å². The Morgan fingerprint density at radius 2 is 2.24 bits per heavy atom. The van der Waals surface area contributed by atoms with Gasteiger partial charge in [0.15, 0.2) is 0 Å². The van der Waals surface area contributed by atoms with Gasteiger partial charge in [0.2, 0.25) is 11.9 Å². The van der Waals surface area contributed by atoms with Gasteiger partial charge in [-0.3, -0.25) is 10.1 Å². The van der Waals surface area contributed by atoms with Crippen molar-refractivity contribution in [2.75, 3.05) is 5.32 Å². The maximum atomic E-state index is 10.9. The summed E-state index contributed by atoms with van der Waals surface area (Å²) in [5.74, 6) is 0.144.